The van der Waals surface area contributed by atoms with Gasteiger partial charge in [0.05, 0.1) is 45.3 Å². The minimum Gasteiger partial charge on any atom is -1.00 e. The first kappa shape index (κ1) is 72.9. The number of thiol groups is 1. The van der Waals surface area contributed by atoms with Crippen LogP contribution in [0.4, 0.5) is 30.8 Å². The molecule has 4 heterocycles. The maximum atomic E-state index is 12.2. The van der Waals surface area contributed by atoms with Crippen LogP contribution in [-0.4, -0.2) is 22.0 Å². The van der Waals surface area contributed by atoms with Crippen molar-refractivity contribution in [1.82, 2.24) is 0 Å². The second kappa shape index (κ2) is 42.9. The number of sulfone groups is 1. The average Bonchev–Trinajstić information content (AvgIpc) is 4.22. The van der Waals surface area contributed by atoms with Gasteiger partial charge in [0.15, 0.2) is 0 Å². The van der Waals surface area contributed by atoms with Gasteiger partial charge >= 0.3 is 103 Å². The van der Waals surface area contributed by atoms with Crippen molar-refractivity contribution < 1.29 is 133 Å². The number of nitrogens with zero attached hydrogens (tertiary/aromatic N) is 3. The summed E-state index contributed by atoms with van der Waals surface area (Å²) in [5, 5.41) is 10.6. The van der Waals surface area contributed by atoms with Gasteiger partial charge in [-0.2, -0.15) is 0 Å². The van der Waals surface area contributed by atoms with Gasteiger partial charge in [0.1, 0.15) is 4.21 Å². The number of nitrogen functional groups attached to an aromatic ring is 2. The van der Waals surface area contributed by atoms with Gasteiger partial charge in [-0.15, -0.1) is 58.0 Å². The number of nitrogens with two attached hydrogens (primary N) is 3. The monoisotopic (exact) mass is 1250 g/mol. The van der Waals surface area contributed by atoms with Crippen molar-refractivity contribution in [2.24, 2.45) is 5.73 Å². The molecule has 0 fully saturated rings. The van der Waals surface area contributed by atoms with Crippen LogP contribution in [-0.2, 0) is 26.1 Å². The van der Waals surface area contributed by atoms with Gasteiger partial charge in [0, 0.05) is 37.5 Å². The predicted octanol–water partition coefficient (Wildman–Crippen LogP) is 10.2. The van der Waals surface area contributed by atoms with Gasteiger partial charge in [0.2, 0.25) is 24.8 Å². The van der Waals surface area contributed by atoms with E-state index in [-0.39, 0.29) is 126 Å². The molecule has 0 saturated carbocycles. The van der Waals surface area contributed by atoms with Crippen LogP contribution in [0.5, 0.6) is 0 Å². The van der Waals surface area contributed by atoms with E-state index in [9.17, 15) is 12.8 Å². The second-order valence-electron chi connectivity index (χ2n) is 12.7. The van der Waals surface area contributed by atoms with Crippen molar-refractivity contribution in [2.75, 3.05) is 18.6 Å². The molecule has 0 aliphatic carbocycles. The van der Waals surface area contributed by atoms with Crippen molar-refractivity contribution in [3.05, 3.63) is 200 Å². The van der Waals surface area contributed by atoms with Gasteiger partial charge in [-0.1, -0.05) is 73.8 Å². The van der Waals surface area contributed by atoms with Crippen LogP contribution in [0.2, 0.25) is 0 Å². The standard InChI is InChI=1S/C12H13NO2S2.C12H9NS2.C11H8N2S2.C6H7NS.C5H2BrNS.CH3F.CH2O3.2CH4.2K.H/c1-9-2-5-11(6-3-9)17(14,15)12-7-4-10(8-13)16-12;1-9-3-5-10(6-4-9)14-12-8-7-11(13-2)15-12;1-13-10-6-7-11(15-10)14-9-4-2-8(12)3-5-9;7-5-1-3-6(8)4-2-5;1-7-5-3-2-4(6)8-5;1-2;2-1-4-3;;;;;/h2-7H,8,13H2,1H3;3-8H,1H3;2-7H,12H2;1-4,8H,7H2;2-3H;1H3;1,3H;2*1H4;;;/q;;;;;;;;;2*+1;-1/p-1/i;;;;;1D;;;;;;. The minimum absolute atomic E-state index is 0. The van der Waals surface area contributed by atoms with Crippen LogP contribution < -0.4 is 125 Å². The third-order valence-electron chi connectivity index (χ3n) is 7.73. The summed E-state index contributed by atoms with van der Waals surface area (Å²) in [5.74, 6) is 0. The van der Waals surface area contributed by atoms with Crippen LogP contribution in [0, 0.1) is 33.6 Å². The van der Waals surface area contributed by atoms with E-state index in [0.29, 0.717) is 15.6 Å². The topological polar surface area (TPSA) is 175 Å². The molecule has 0 unspecified atom stereocenters. The number of rotatable bonds is 8. The number of alkyl halides is 1. The Bertz CT molecular complexity index is 2910. The van der Waals surface area contributed by atoms with Gasteiger partial charge in [0.25, 0.3) is 6.47 Å². The smallest absolute Gasteiger partial charge is 1.00 e. The first-order valence-corrected chi connectivity index (χ1v) is 26.7. The number of halogens is 2. The normalized spacial score (nSPS) is 9.23. The van der Waals surface area contributed by atoms with Crippen LogP contribution in [0.3, 0.4) is 0 Å². The fourth-order valence-electron chi connectivity index (χ4n) is 4.51. The number of carbonyl (C=O) groups is 1. The average molecular weight is 1250 g/mol. The van der Waals surface area contributed by atoms with Crippen LogP contribution in [0.25, 0.3) is 14.5 Å². The molecule has 376 valence electrons. The molecule has 0 atom stereocenters. The zero-order valence-electron chi connectivity index (χ0n) is 40.5. The molecule has 0 bridgehead atoms. The van der Waals surface area contributed by atoms with Crippen molar-refractivity contribution in [1.29, 1.82) is 0 Å². The molecule has 0 saturated heterocycles. The number of hydrogen-bond acceptors (Lipinski definition) is 15. The van der Waals surface area contributed by atoms with E-state index in [4.69, 9.17) is 48.3 Å². The van der Waals surface area contributed by atoms with E-state index in [0.717, 1.165) is 54.6 Å². The molecule has 0 aliphatic heterocycles. The summed E-state index contributed by atoms with van der Waals surface area (Å²) in [6.45, 7) is 24.5. The van der Waals surface area contributed by atoms with E-state index in [2.05, 4.69) is 79.2 Å². The number of thiophene rings is 4. The van der Waals surface area contributed by atoms with E-state index >= 15 is 0 Å². The first-order chi connectivity index (χ1) is 33.5. The maximum Gasteiger partial charge on any atom is 1.00 e. The predicted molar refractivity (Wildman–Crippen MR) is 305 cm³/mol. The van der Waals surface area contributed by atoms with Crippen LogP contribution in [0.1, 0.15) is 33.7 Å². The minimum atomic E-state index is -3.38. The molecule has 8 rings (SSSR count). The SMILES string of the molecule is C.C.Cc1ccc(S(=O)(=O)c2ccc(CN)s2)cc1.Nc1ccc(S)cc1.O=CO[O-].[2H]CF.[C-]#[N+]c1ccc(Br)s1.[C-]#[N+]c1ccc(Sc2ccc(C)cc2)s1.[C-]#[N+]c1ccc(Sc2ccc(N)cc2)s1.[H-].[K+].[K+]. The Labute approximate surface area is 556 Å². The summed E-state index contributed by atoms with van der Waals surface area (Å²) in [6.07, 6.45) is 0. The third-order valence-corrected chi connectivity index (χ3v) is 17.2. The second-order valence-corrected chi connectivity index (χ2v) is 23.9. The molecule has 0 amide bonds. The summed E-state index contributed by atoms with van der Waals surface area (Å²) in [6, 6.07) is 45.1. The molecule has 4 aromatic carbocycles. The summed E-state index contributed by atoms with van der Waals surface area (Å²) in [5.41, 5.74) is 20.3. The zero-order chi connectivity index (χ0) is 51.9. The molecular weight excluding hydrogens is 1200 g/mol. The molecule has 4 aromatic heterocycles. The number of anilines is 2. The molecule has 23 heteroatoms. The molecule has 0 aliphatic rings. The molecule has 0 radical (unpaired) electrons. The van der Waals surface area contributed by atoms with Crippen molar-refractivity contribution in [3.63, 3.8) is 0 Å². The van der Waals surface area contributed by atoms with E-state index in [1.165, 1.54) is 48.7 Å². The van der Waals surface area contributed by atoms with Gasteiger partial charge in [-0.3, -0.25) is 9.18 Å². The molecule has 11 nitrogen and oxygen atoms in total. The Hall–Kier alpha value is -2.18. The molecule has 6 N–H and O–H groups in total. The Kier molecular flexibility index (Phi) is 42.8. The Morgan fingerprint density at radius 2 is 1.08 bits per heavy atom. The largest absolute Gasteiger partial charge is 1.00 e. The quantitative estimate of drug-likeness (QED) is 0.0218. The molecular formula is C50H52BrFK2N6O5S8. The summed E-state index contributed by atoms with van der Waals surface area (Å²) in [7, 11) is -4.38. The van der Waals surface area contributed by atoms with E-state index in [1.54, 1.807) is 77.3 Å². The van der Waals surface area contributed by atoms with Crippen molar-refractivity contribution in [3.8, 4) is 0 Å². The summed E-state index contributed by atoms with van der Waals surface area (Å²) < 4.78 is 43.7. The molecule has 8 aromatic rings. The fourth-order valence-corrected chi connectivity index (χ4v) is 12.2. The summed E-state index contributed by atoms with van der Waals surface area (Å²) >= 11 is 16.4. The number of aryl methyl sites for hydroxylation is 2. The molecule has 73 heavy (non-hydrogen) atoms. The Balaban J connectivity index is -0.000000409. The Morgan fingerprint density at radius 3 is 1.41 bits per heavy atom. The van der Waals surface area contributed by atoms with Gasteiger partial charge in [-0.05, 0) is 151 Å². The number of benzene rings is 4. The zero-order valence-corrected chi connectivity index (χ0v) is 53.0. The van der Waals surface area contributed by atoms with Gasteiger partial charge in [-0.25, -0.2) is 23.0 Å². The number of carbonyl (C=O) groups excluding carboxylic acids is 1. The van der Waals surface area contributed by atoms with Crippen molar-refractivity contribution >= 4 is 140 Å². The van der Waals surface area contributed by atoms with E-state index < -0.39 is 17.0 Å². The summed E-state index contributed by atoms with van der Waals surface area (Å²) in [4.78, 5) is 25.8. The fraction of sp³-hybridized carbons (Fsp3) is 0.120. The van der Waals surface area contributed by atoms with Crippen LogP contribution in [0.15, 0.2) is 182 Å². The van der Waals surface area contributed by atoms with E-state index in [1.807, 2.05) is 85.8 Å². The van der Waals surface area contributed by atoms with Gasteiger partial charge < -0.3 is 28.8 Å². The first-order valence-electron chi connectivity index (χ1n) is 19.8. The molecule has 0 spiro atoms. The van der Waals surface area contributed by atoms with Crippen molar-refractivity contribution in [2.45, 2.75) is 67.5 Å². The third kappa shape index (κ3) is 30.4. The number of hydrogen-bond donors (Lipinski definition) is 4. The van der Waals surface area contributed by atoms with Crippen LogP contribution >= 0.6 is 97.4 Å². The Morgan fingerprint density at radius 1 is 0.699 bits per heavy atom. The maximum absolute atomic E-state index is 12.2.